The van der Waals surface area contributed by atoms with Crippen LogP contribution in [0.25, 0.3) is 0 Å². The first-order valence-electron chi connectivity index (χ1n) is 5.48. The van der Waals surface area contributed by atoms with Gasteiger partial charge in [0.05, 0.1) is 12.7 Å². The predicted molar refractivity (Wildman–Crippen MR) is 69.0 cm³/mol. The third-order valence-corrected chi connectivity index (χ3v) is 2.63. The zero-order valence-electron chi connectivity index (χ0n) is 9.92. The fourth-order valence-electron chi connectivity index (χ4n) is 1.71. The number of amides is 1. The molecule has 2 heterocycles. The van der Waals surface area contributed by atoms with E-state index in [-0.39, 0.29) is 36.0 Å². The van der Waals surface area contributed by atoms with E-state index in [0.717, 1.165) is 0 Å². The molecule has 0 bridgehead atoms. The van der Waals surface area contributed by atoms with Gasteiger partial charge in [0.1, 0.15) is 6.04 Å². The number of ether oxygens (including phenoxy) is 1. The molecule has 0 aliphatic carbocycles. The third-order valence-electron chi connectivity index (χ3n) is 2.63. The summed E-state index contributed by atoms with van der Waals surface area (Å²) in [4.78, 5) is 15.8. The third kappa shape index (κ3) is 3.32. The van der Waals surface area contributed by atoms with Crippen LogP contribution in [0.2, 0.25) is 0 Å². The van der Waals surface area contributed by atoms with Crippen LogP contribution in [-0.2, 0) is 9.53 Å². The van der Waals surface area contributed by atoms with Crippen LogP contribution < -0.4 is 10.6 Å². The van der Waals surface area contributed by atoms with Gasteiger partial charge in [0.2, 0.25) is 5.91 Å². The minimum atomic E-state index is -0.426. The Morgan fingerprint density at radius 2 is 2.44 bits per heavy atom. The second-order valence-corrected chi connectivity index (χ2v) is 3.87. The molecule has 1 fully saturated rings. The first-order valence-corrected chi connectivity index (χ1v) is 5.48. The number of anilines is 1. The van der Waals surface area contributed by atoms with Crippen LogP contribution in [0.5, 0.6) is 5.75 Å². The molecule has 2 rings (SSSR count). The van der Waals surface area contributed by atoms with E-state index in [1.54, 1.807) is 6.07 Å². The number of pyridine rings is 1. The van der Waals surface area contributed by atoms with Crippen LogP contribution in [0.3, 0.4) is 0 Å². The minimum Gasteiger partial charge on any atom is -0.504 e. The maximum absolute atomic E-state index is 11.9. The van der Waals surface area contributed by atoms with E-state index in [1.165, 1.54) is 12.3 Å². The fourth-order valence-corrected chi connectivity index (χ4v) is 1.71. The second-order valence-electron chi connectivity index (χ2n) is 3.87. The zero-order valence-corrected chi connectivity index (χ0v) is 10.7. The molecular formula is C11H16ClN3O3. The Labute approximate surface area is 111 Å². The van der Waals surface area contributed by atoms with Gasteiger partial charge < -0.3 is 20.5 Å². The average molecular weight is 274 g/mol. The number of nitrogens with one attached hydrogen (secondary N) is 2. The van der Waals surface area contributed by atoms with Gasteiger partial charge in [-0.2, -0.15) is 0 Å². The van der Waals surface area contributed by atoms with Crippen molar-refractivity contribution in [3.8, 4) is 5.75 Å². The van der Waals surface area contributed by atoms with Crippen molar-refractivity contribution in [3.63, 3.8) is 0 Å². The van der Waals surface area contributed by atoms with Gasteiger partial charge in [-0.25, -0.2) is 4.98 Å². The molecule has 7 heteroatoms. The summed E-state index contributed by atoms with van der Waals surface area (Å²) in [6, 6.07) is 2.64. The largest absolute Gasteiger partial charge is 0.504 e. The Kier molecular flexibility index (Phi) is 5.33. The number of morpholine rings is 1. The summed E-state index contributed by atoms with van der Waals surface area (Å²) < 4.78 is 5.37. The molecule has 0 aromatic carbocycles. The molecular weight excluding hydrogens is 258 g/mol. The monoisotopic (exact) mass is 273 g/mol. The SMILES string of the molecule is C[C@H]1OCCN[C@@H]1C(=O)Nc1ncccc1O.Cl. The summed E-state index contributed by atoms with van der Waals surface area (Å²) in [5.41, 5.74) is 0. The molecule has 0 unspecified atom stereocenters. The molecule has 18 heavy (non-hydrogen) atoms. The van der Waals surface area contributed by atoms with Crippen LogP contribution in [0.1, 0.15) is 6.92 Å². The van der Waals surface area contributed by atoms with Gasteiger partial charge in [0, 0.05) is 12.7 Å². The second kappa shape index (κ2) is 6.53. The molecule has 0 radical (unpaired) electrons. The predicted octanol–water partition coefficient (Wildman–Crippen LogP) is 0.524. The first-order chi connectivity index (χ1) is 8.18. The first kappa shape index (κ1) is 14.7. The molecule has 0 saturated carbocycles. The molecule has 6 nitrogen and oxygen atoms in total. The Morgan fingerprint density at radius 3 is 3.11 bits per heavy atom. The van der Waals surface area contributed by atoms with Crippen molar-refractivity contribution in [2.24, 2.45) is 0 Å². The van der Waals surface area contributed by atoms with Gasteiger partial charge >= 0.3 is 0 Å². The highest BCUT2D eigenvalue weighted by Gasteiger charge is 2.28. The lowest BCUT2D eigenvalue weighted by Crippen LogP contribution is -2.53. The number of carbonyl (C=O) groups excluding carboxylic acids is 1. The van der Waals surface area contributed by atoms with Crippen molar-refractivity contribution >= 4 is 24.1 Å². The minimum absolute atomic E-state index is 0. The van der Waals surface area contributed by atoms with E-state index in [9.17, 15) is 9.90 Å². The van der Waals surface area contributed by atoms with Gasteiger partial charge in [-0.15, -0.1) is 12.4 Å². The Hall–Kier alpha value is -1.37. The zero-order chi connectivity index (χ0) is 12.3. The number of rotatable bonds is 2. The Balaban J connectivity index is 0.00000162. The summed E-state index contributed by atoms with van der Waals surface area (Å²) in [7, 11) is 0. The number of aromatic nitrogens is 1. The number of halogens is 1. The molecule has 1 aromatic rings. The van der Waals surface area contributed by atoms with Crippen molar-refractivity contribution in [2.45, 2.75) is 19.1 Å². The highest BCUT2D eigenvalue weighted by atomic mass is 35.5. The van der Waals surface area contributed by atoms with E-state index >= 15 is 0 Å². The van der Waals surface area contributed by atoms with Crippen LogP contribution >= 0.6 is 12.4 Å². The highest BCUT2D eigenvalue weighted by molar-refractivity contribution is 5.95. The Morgan fingerprint density at radius 1 is 1.67 bits per heavy atom. The molecule has 1 amide bonds. The lowest BCUT2D eigenvalue weighted by Gasteiger charge is -2.29. The molecule has 2 atom stereocenters. The van der Waals surface area contributed by atoms with E-state index < -0.39 is 6.04 Å². The van der Waals surface area contributed by atoms with E-state index in [1.807, 2.05) is 6.92 Å². The highest BCUT2D eigenvalue weighted by Crippen LogP contribution is 2.19. The van der Waals surface area contributed by atoms with Crippen LogP contribution in [0.15, 0.2) is 18.3 Å². The summed E-state index contributed by atoms with van der Waals surface area (Å²) in [5, 5.41) is 15.1. The van der Waals surface area contributed by atoms with Crippen LogP contribution in [0, 0.1) is 0 Å². The molecule has 1 saturated heterocycles. The van der Waals surface area contributed by atoms with E-state index in [4.69, 9.17) is 4.74 Å². The van der Waals surface area contributed by atoms with Crippen molar-refractivity contribution in [2.75, 3.05) is 18.5 Å². The standard InChI is InChI=1S/C11H15N3O3.ClH/c1-7-9(12-5-6-17-7)11(16)14-10-8(15)3-2-4-13-10;/h2-4,7,9,12,15H,5-6H2,1H3,(H,13,14,16);1H/t7-,9+;/m1./s1. The maximum Gasteiger partial charge on any atom is 0.245 e. The maximum atomic E-state index is 11.9. The van der Waals surface area contributed by atoms with Gasteiger partial charge in [-0.05, 0) is 19.1 Å². The smallest absolute Gasteiger partial charge is 0.245 e. The topological polar surface area (TPSA) is 83.5 Å². The molecule has 0 spiro atoms. The number of aromatic hydroxyl groups is 1. The van der Waals surface area contributed by atoms with E-state index in [2.05, 4.69) is 15.6 Å². The van der Waals surface area contributed by atoms with Crippen LogP contribution in [-0.4, -0.2) is 41.3 Å². The number of carbonyl (C=O) groups is 1. The van der Waals surface area contributed by atoms with Crippen LogP contribution in [0.4, 0.5) is 5.82 Å². The normalized spacial score (nSPS) is 22.9. The number of nitrogens with zero attached hydrogens (tertiary/aromatic N) is 1. The quantitative estimate of drug-likeness (QED) is 0.732. The van der Waals surface area contributed by atoms with Crippen molar-refractivity contribution in [1.82, 2.24) is 10.3 Å². The van der Waals surface area contributed by atoms with Gasteiger partial charge in [-0.1, -0.05) is 0 Å². The van der Waals surface area contributed by atoms with E-state index in [0.29, 0.717) is 13.2 Å². The Bertz CT molecular complexity index is 416. The molecule has 1 aromatic heterocycles. The van der Waals surface area contributed by atoms with Gasteiger partial charge in [0.15, 0.2) is 11.6 Å². The van der Waals surface area contributed by atoms with Crippen molar-refractivity contribution in [3.05, 3.63) is 18.3 Å². The summed E-state index contributed by atoms with van der Waals surface area (Å²) in [6.07, 6.45) is 1.30. The summed E-state index contributed by atoms with van der Waals surface area (Å²) in [5.74, 6) is -0.145. The van der Waals surface area contributed by atoms with Gasteiger partial charge in [0.25, 0.3) is 0 Å². The number of hydrogen-bond acceptors (Lipinski definition) is 5. The van der Waals surface area contributed by atoms with Crippen molar-refractivity contribution < 1.29 is 14.6 Å². The molecule has 100 valence electrons. The number of hydrogen-bond donors (Lipinski definition) is 3. The average Bonchev–Trinajstić information content (AvgIpc) is 2.32. The van der Waals surface area contributed by atoms with Gasteiger partial charge in [-0.3, -0.25) is 4.79 Å². The summed E-state index contributed by atoms with van der Waals surface area (Å²) >= 11 is 0. The fraction of sp³-hybridized carbons (Fsp3) is 0.455. The summed E-state index contributed by atoms with van der Waals surface area (Å²) in [6.45, 7) is 3.06. The lowest BCUT2D eigenvalue weighted by atomic mass is 10.1. The molecule has 1 aliphatic rings. The van der Waals surface area contributed by atoms with Crippen molar-refractivity contribution in [1.29, 1.82) is 0 Å². The molecule has 3 N–H and O–H groups in total. The molecule has 1 aliphatic heterocycles. The lowest BCUT2D eigenvalue weighted by molar-refractivity contribution is -0.123.